The first kappa shape index (κ1) is 26.5. The molecule has 3 aromatic rings. The first-order valence-corrected chi connectivity index (χ1v) is 14.0. The Bertz CT molecular complexity index is 1530. The summed E-state index contributed by atoms with van der Waals surface area (Å²) >= 11 is 1.20. The predicted molar refractivity (Wildman–Crippen MR) is 152 cm³/mol. The Morgan fingerprint density at radius 3 is 2.62 bits per heavy atom. The normalized spacial score (nSPS) is 24.4. The van der Waals surface area contributed by atoms with E-state index in [0.717, 1.165) is 12.8 Å². The molecule has 0 spiro atoms. The molecule has 40 heavy (non-hydrogen) atoms. The van der Waals surface area contributed by atoms with E-state index in [1.165, 1.54) is 17.4 Å². The van der Waals surface area contributed by atoms with Gasteiger partial charge in [0.25, 0.3) is 5.91 Å². The third kappa shape index (κ3) is 4.17. The average molecular weight is 562 g/mol. The van der Waals surface area contributed by atoms with Crippen LogP contribution < -0.4 is 27.3 Å². The number of anilines is 1. The van der Waals surface area contributed by atoms with E-state index in [1.54, 1.807) is 41.3 Å². The Hall–Kier alpha value is -3.77. The topological polar surface area (TPSA) is 163 Å². The number of nitrogen functional groups attached to an aromatic ring is 1. The monoisotopic (exact) mass is 561 g/mol. The minimum atomic E-state index is -1.54. The fourth-order valence-electron chi connectivity index (χ4n) is 5.79. The second kappa shape index (κ2) is 10.0. The van der Waals surface area contributed by atoms with Crippen molar-refractivity contribution in [1.29, 1.82) is 0 Å². The predicted octanol–water partition coefficient (Wildman–Crippen LogP) is 1.95. The van der Waals surface area contributed by atoms with Gasteiger partial charge in [-0.2, -0.15) is 0 Å². The SMILES string of the molecule is C=CC(=O)N1CCCC(NC(=O)c2sc3c(N)ccc4c3c2C(N)C(=O)C4(N)c2ccc(OC3COC3)cc2)C1. The summed E-state index contributed by atoms with van der Waals surface area (Å²) in [6.45, 7) is 5.64. The van der Waals surface area contributed by atoms with Crippen LogP contribution in [0.4, 0.5) is 5.69 Å². The van der Waals surface area contributed by atoms with Gasteiger partial charge in [-0.25, -0.2) is 0 Å². The smallest absolute Gasteiger partial charge is 0.262 e. The van der Waals surface area contributed by atoms with Crippen molar-refractivity contribution in [3.05, 3.63) is 70.6 Å². The van der Waals surface area contributed by atoms with Crippen LogP contribution in [0.3, 0.4) is 0 Å². The minimum absolute atomic E-state index is 0.0104. The Morgan fingerprint density at radius 2 is 1.95 bits per heavy atom. The molecule has 3 heterocycles. The fraction of sp³-hybridized carbons (Fsp3) is 0.345. The molecule has 2 fully saturated rings. The number of thiophene rings is 1. The molecule has 7 N–H and O–H groups in total. The third-order valence-electron chi connectivity index (χ3n) is 7.98. The van der Waals surface area contributed by atoms with Crippen molar-refractivity contribution in [1.82, 2.24) is 10.2 Å². The van der Waals surface area contributed by atoms with Crippen molar-refractivity contribution in [3.63, 3.8) is 0 Å². The van der Waals surface area contributed by atoms with Crippen molar-refractivity contribution in [2.24, 2.45) is 11.5 Å². The van der Waals surface area contributed by atoms with Crippen molar-refractivity contribution >= 4 is 44.7 Å². The second-order valence-corrected chi connectivity index (χ2v) is 11.5. The van der Waals surface area contributed by atoms with Crippen LogP contribution in [0.5, 0.6) is 5.75 Å². The van der Waals surface area contributed by atoms with E-state index >= 15 is 0 Å². The lowest BCUT2D eigenvalue weighted by atomic mass is 9.70. The van der Waals surface area contributed by atoms with Gasteiger partial charge in [0.1, 0.15) is 17.4 Å². The number of hydrogen-bond donors (Lipinski definition) is 4. The summed E-state index contributed by atoms with van der Waals surface area (Å²) < 4.78 is 11.7. The van der Waals surface area contributed by atoms with Gasteiger partial charge in [0, 0.05) is 35.8 Å². The maximum absolute atomic E-state index is 14.0. The van der Waals surface area contributed by atoms with Crippen molar-refractivity contribution in [2.45, 2.75) is 36.6 Å². The Kier molecular flexibility index (Phi) is 6.62. The number of hydrogen-bond acceptors (Lipinski definition) is 9. The number of rotatable bonds is 6. The summed E-state index contributed by atoms with van der Waals surface area (Å²) in [6.07, 6.45) is 2.77. The number of Topliss-reactive ketones (excluding diaryl/α,β-unsaturated/α-hetero) is 1. The van der Waals surface area contributed by atoms with Crippen LogP contribution in [0.1, 0.15) is 45.2 Å². The summed E-state index contributed by atoms with van der Waals surface area (Å²) in [5.41, 5.74) is 20.4. The van der Waals surface area contributed by atoms with E-state index in [9.17, 15) is 14.4 Å². The Morgan fingerprint density at radius 1 is 1.20 bits per heavy atom. The lowest BCUT2D eigenvalue weighted by Crippen LogP contribution is -2.53. The molecular weight excluding hydrogens is 530 g/mol. The van der Waals surface area contributed by atoms with Crippen LogP contribution in [0.25, 0.3) is 10.1 Å². The highest BCUT2D eigenvalue weighted by Crippen LogP contribution is 2.49. The van der Waals surface area contributed by atoms with E-state index in [1.807, 2.05) is 0 Å². The van der Waals surface area contributed by atoms with Crippen LogP contribution in [0, 0.1) is 0 Å². The number of carbonyl (C=O) groups excluding carboxylic acids is 3. The van der Waals surface area contributed by atoms with Gasteiger partial charge < -0.3 is 36.9 Å². The van der Waals surface area contributed by atoms with Gasteiger partial charge in [0.2, 0.25) is 5.91 Å². The highest BCUT2D eigenvalue weighted by atomic mass is 32.1. The number of piperidine rings is 1. The number of ether oxygens (including phenoxy) is 2. The summed E-state index contributed by atoms with van der Waals surface area (Å²) in [5, 5.41) is 3.69. The number of nitrogens with zero attached hydrogens (tertiary/aromatic N) is 1. The molecule has 6 rings (SSSR count). The maximum Gasteiger partial charge on any atom is 0.262 e. The number of carbonyl (C=O) groups is 3. The van der Waals surface area contributed by atoms with Crippen LogP contribution in [0.15, 0.2) is 49.1 Å². The van der Waals surface area contributed by atoms with Crippen molar-refractivity contribution in [2.75, 3.05) is 32.0 Å². The lowest BCUT2D eigenvalue weighted by molar-refractivity contribution is -0.127. The van der Waals surface area contributed by atoms with Gasteiger partial charge in [-0.05, 0) is 48.2 Å². The van der Waals surface area contributed by atoms with Crippen LogP contribution in [0.2, 0.25) is 0 Å². The summed E-state index contributed by atoms with van der Waals surface area (Å²) in [5.74, 6) is -0.285. The van der Waals surface area contributed by atoms with Gasteiger partial charge in [0.05, 0.1) is 28.8 Å². The summed E-state index contributed by atoms with van der Waals surface area (Å²) in [6, 6.07) is 9.18. The van der Waals surface area contributed by atoms with Crippen LogP contribution in [-0.4, -0.2) is 60.9 Å². The Labute approximate surface area is 235 Å². The van der Waals surface area contributed by atoms with Gasteiger partial charge in [-0.1, -0.05) is 24.8 Å². The molecule has 1 aliphatic carbocycles. The number of benzene rings is 2. The molecule has 3 atom stereocenters. The molecule has 2 saturated heterocycles. The highest BCUT2D eigenvalue weighted by Gasteiger charge is 2.49. The first-order chi connectivity index (χ1) is 19.2. The highest BCUT2D eigenvalue weighted by molar-refractivity contribution is 7.21. The number of likely N-dealkylation sites (tertiary alicyclic amines) is 1. The van der Waals surface area contributed by atoms with E-state index in [2.05, 4.69) is 11.9 Å². The molecule has 3 aliphatic rings. The zero-order valence-electron chi connectivity index (χ0n) is 21.9. The number of amides is 2. The molecule has 0 radical (unpaired) electrons. The number of ketones is 1. The molecule has 1 aromatic heterocycles. The van der Waals surface area contributed by atoms with Crippen molar-refractivity contribution in [3.8, 4) is 5.75 Å². The standard InChI is InChI=1S/C29H31N5O5S/c1-2-21(35)34-11-3-4-16(12-34)33-28(37)26-23-22-19(9-10-20(30)25(22)40-26)29(32,27(36)24(23)31)15-5-7-17(8-6-15)39-18-13-38-14-18/h2,5-10,16,18,24H,1,3-4,11-14,30-32H2,(H,33,37). The molecule has 10 nitrogen and oxygen atoms in total. The summed E-state index contributed by atoms with van der Waals surface area (Å²) in [4.78, 5) is 41.7. The van der Waals surface area contributed by atoms with Gasteiger partial charge in [-0.3, -0.25) is 14.4 Å². The van der Waals surface area contributed by atoms with E-state index in [-0.39, 0.29) is 24.0 Å². The van der Waals surface area contributed by atoms with Gasteiger partial charge in [0.15, 0.2) is 5.78 Å². The zero-order valence-corrected chi connectivity index (χ0v) is 22.7. The van der Waals surface area contributed by atoms with Gasteiger partial charge in [-0.15, -0.1) is 11.3 Å². The Balaban J connectivity index is 1.37. The quantitative estimate of drug-likeness (QED) is 0.262. The fourth-order valence-corrected chi connectivity index (χ4v) is 7.00. The number of nitrogens with one attached hydrogen (secondary N) is 1. The minimum Gasteiger partial charge on any atom is -0.486 e. The van der Waals surface area contributed by atoms with Crippen LogP contribution in [-0.2, 0) is 19.9 Å². The van der Waals surface area contributed by atoms with E-state index < -0.39 is 17.4 Å². The third-order valence-corrected chi connectivity index (χ3v) is 9.24. The maximum atomic E-state index is 14.0. The molecule has 0 bridgehead atoms. The van der Waals surface area contributed by atoms with Crippen LogP contribution >= 0.6 is 11.3 Å². The first-order valence-electron chi connectivity index (χ1n) is 13.2. The molecule has 208 valence electrons. The molecule has 3 unspecified atom stereocenters. The lowest BCUT2D eigenvalue weighted by Gasteiger charge is -2.37. The zero-order chi connectivity index (χ0) is 28.2. The average Bonchev–Trinajstić information content (AvgIpc) is 3.35. The van der Waals surface area contributed by atoms with Crippen molar-refractivity contribution < 1.29 is 23.9 Å². The number of nitrogens with two attached hydrogens (primary N) is 3. The van der Waals surface area contributed by atoms with E-state index in [0.29, 0.717) is 69.4 Å². The second-order valence-electron chi connectivity index (χ2n) is 10.5. The van der Waals surface area contributed by atoms with Gasteiger partial charge >= 0.3 is 0 Å². The molecule has 2 amide bonds. The molecule has 11 heteroatoms. The summed E-state index contributed by atoms with van der Waals surface area (Å²) in [7, 11) is 0. The molecule has 0 saturated carbocycles. The molecule has 2 aromatic carbocycles. The molecular formula is C29H31N5O5S. The van der Waals surface area contributed by atoms with E-state index in [4.69, 9.17) is 26.7 Å². The molecule has 2 aliphatic heterocycles. The largest absolute Gasteiger partial charge is 0.486 e.